The molecule has 0 bridgehead atoms. The lowest BCUT2D eigenvalue weighted by Crippen LogP contribution is -2.12. The molecule has 0 saturated heterocycles. The number of ether oxygens (including phenoxy) is 1. The normalized spacial score (nSPS) is 10.3. The molecule has 0 spiro atoms. The van der Waals surface area contributed by atoms with Gasteiger partial charge >= 0.3 is 6.01 Å². The Morgan fingerprint density at radius 3 is 2.90 bits per heavy atom. The second-order valence-corrected chi connectivity index (χ2v) is 4.08. The molecule has 3 rings (SSSR count). The van der Waals surface area contributed by atoms with E-state index in [9.17, 15) is 4.79 Å². The summed E-state index contributed by atoms with van der Waals surface area (Å²) in [5.41, 5.74) is 0.423. The van der Waals surface area contributed by atoms with E-state index in [1.807, 2.05) is 0 Å². The summed E-state index contributed by atoms with van der Waals surface area (Å²) in [5.74, 6) is 0.846. The predicted molar refractivity (Wildman–Crippen MR) is 72.9 cm³/mol. The van der Waals surface area contributed by atoms with Crippen LogP contribution in [0.5, 0.6) is 5.75 Å². The third-order valence-corrected chi connectivity index (χ3v) is 2.71. The summed E-state index contributed by atoms with van der Waals surface area (Å²) in [6, 6.07) is 10.1. The Kier molecular flexibility index (Phi) is 3.38. The summed E-state index contributed by atoms with van der Waals surface area (Å²) in [6.45, 7) is 0. The van der Waals surface area contributed by atoms with Crippen molar-refractivity contribution >= 4 is 11.9 Å². The number of nitrogens with one attached hydrogen (secondary N) is 1. The average Bonchev–Trinajstić information content (AvgIpc) is 3.18. The monoisotopic (exact) mass is 285 g/mol. The standard InChI is InChI=1S/C14H11N3O4/c1-19-10-5-2-4-9(8-10)12(18)15-14-17-16-13(21-14)11-6-3-7-20-11/h2-8H,1H3,(H,15,17,18). The molecular weight excluding hydrogens is 274 g/mol. The zero-order valence-electron chi connectivity index (χ0n) is 11.1. The van der Waals surface area contributed by atoms with Crippen LogP contribution in [0.1, 0.15) is 10.4 Å². The van der Waals surface area contributed by atoms with Crippen molar-refractivity contribution in [2.75, 3.05) is 12.4 Å². The topological polar surface area (TPSA) is 90.4 Å². The maximum atomic E-state index is 12.1. The van der Waals surface area contributed by atoms with Crippen LogP contribution in [-0.2, 0) is 0 Å². The number of rotatable bonds is 4. The molecular formula is C14H11N3O4. The van der Waals surface area contributed by atoms with Crippen molar-refractivity contribution in [3.63, 3.8) is 0 Å². The molecule has 0 aliphatic carbocycles. The fraction of sp³-hybridized carbons (Fsp3) is 0.0714. The third kappa shape index (κ3) is 2.76. The molecule has 2 heterocycles. The minimum absolute atomic E-state index is 0.00535. The predicted octanol–water partition coefficient (Wildman–Crippen LogP) is 2.59. The van der Waals surface area contributed by atoms with E-state index >= 15 is 0 Å². The molecule has 0 atom stereocenters. The fourth-order valence-corrected chi connectivity index (χ4v) is 1.71. The molecule has 7 nitrogen and oxygen atoms in total. The van der Waals surface area contributed by atoms with Gasteiger partial charge in [-0.15, -0.1) is 5.10 Å². The minimum atomic E-state index is -0.372. The van der Waals surface area contributed by atoms with Crippen LogP contribution in [0.3, 0.4) is 0 Å². The first kappa shape index (κ1) is 12.9. The first-order chi connectivity index (χ1) is 10.3. The van der Waals surface area contributed by atoms with Gasteiger partial charge in [-0.3, -0.25) is 10.1 Å². The summed E-state index contributed by atoms with van der Waals surface area (Å²) in [7, 11) is 1.53. The highest BCUT2D eigenvalue weighted by molar-refractivity contribution is 6.03. The minimum Gasteiger partial charge on any atom is -0.497 e. The van der Waals surface area contributed by atoms with Gasteiger partial charge in [0.05, 0.1) is 13.4 Å². The van der Waals surface area contributed by atoms with E-state index in [0.717, 1.165) is 0 Å². The molecule has 0 aliphatic heterocycles. The van der Waals surface area contributed by atoms with Crippen molar-refractivity contribution in [2.45, 2.75) is 0 Å². The van der Waals surface area contributed by atoms with E-state index in [4.69, 9.17) is 13.6 Å². The van der Waals surface area contributed by atoms with Crippen LogP contribution in [0.4, 0.5) is 6.01 Å². The van der Waals surface area contributed by atoms with Crippen LogP contribution < -0.4 is 10.1 Å². The Morgan fingerprint density at radius 1 is 1.24 bits per heavy atom. The fourth-order valence-electron chi connectivity index (χ4n) is 1.71. The summed E-state index contributed by atoms with van der Waals surface area (Å²) in [4.78, 5) is 12.1. The molecule has 1 amide bonds. The molecule has 2 aromatic heterocycles. The van der Waals surface area contributed by atoms with Crippen molar-refractivity contribution in [3.05, 3.63) is 48.2 Å². The number of benzene rings is 1. The van der Waals surface area contributed by atoms with Gasteiger partial charge in [-0.1, -0.05) is 11.2 Å². The van der Waals surface area contributed by atoms with Gasteiger partial charge in [-0.2, -0.15) is 0 Å². The smallest absolute Gasteiger partial charge is 0.322 e. The lowest BCUT2D eigenvalue weighted by Gasteiger charge is -2.03. The van der Waals surface area contributed by atoms with Gasteiger partial charge in [-0.05, 0) is 30.3 Å². The number of methoxy groups -OCH3 is 1. The Balaban J connectivity index is 1.75. The SMILES string of the molecule is COc1cccc(C(=O)Nc2nnc(-c3ccco3)o2)c1. The van der Waals surface area contributed by atoms with Crippen molar-refractivity contribution in [2.24, 2.45) is 0 Å². The van der Waals surface area contributed by atoms with E-state index in [1.165, 1.54) is 13.4 Å². The van der Waals surface area contributed by atoms with Gasteiger partial charge in [0.25, 0.3) is 11.8 Å². The molecule has 7 heteroatoms. The number of nitrogens with zero attached hydrogens (tertiary/aromatic N) is 2. The van der Waals surface area contributed by atoms with Crippen LogP contribution in [0.15, 0.2) is 51.5 Å². The number of hydrogen-bond acceptors (Lipinski definition) is 6. The molecule has 0 aliphatic rings. The van der Waals surface area contributed by atoms with E-state index < -0.39 is 0 Å². The van der Waals surface area contributed by atoms with Crippen LogP contribution in [-0.4, -0.2) is 23.2 Å². The van der Waals surface area contributed by atoms with Crippen molar-refractivity contribution in [1.29, 1.82) is 0 Å². The lowest BCUT2D eigenvalue weighted by atomic mass is 10.2. The molecule has 0 unspecified atom stereocenters. The Labute approximate surface area is 119 Å². The summed E-state index contributed by atoms with van der Waals surface area (Å²) < 4.78 is 15.5. The Hall–Kier alpha value is -3.09. The number of hydrogen-bond donors (Lipinski definition) is 1. The highest BCUT2D eigenvalue weighted by Gasteiger charge is 2.14. The highest BCUT2D eigenvalue weighted by Crippen LogP contribution is 2.20. The average molecular weight is 285 g/mol. The molecule has 1 N–H and O–H groups in total. The number of carbonyl (C=O) groups is 1. The largest absolute Gasteiger partial charge is 0.497 e. The number of aromatic nitrogens is 2. The van der Waals surface area contributed by atoms with Crippen molar-refractivity contribution < 1.29 is 18.4 Å². The zero-order valence-corrected chi connectivity index (χ0v) is 11.1. The highest BCUT2D eigenvalue weighted by atomic mass is 16.5. The Bertz CT molecular complexity index is 749. The van der Waals surface area contributed by atoms with Gasteiger partial charge in [0.15, 0.2) is 5.76 Å². The van der Waals surface area contributed by atoms with Gasteiger partial charge in [-0.25, -0.2) is 0 Å². The first-order valence-electron chi connectivity index (χ1n) is 6.09. The third-order valence-electron chi connectivity index (χ3n) is 2.71. The number of furan rings is 1. The molecule has 106 valence electrons. The zero-order chi connectivity index (χ0) is 14.7. The van der Waals surface area contributed by atoms with Crippen LogP contribution in [0.25, 0.3) is 11.7 Å². The summed E-state index contributed by atoms with van der Waals surface area (Å²) >= 11 is 0. The summed E-state index contributed by atoms with van der Waals surface area (Å²) in [6.07, 6.45) is 1.49. The number of anilines is 1. The van der Waals surface area contributed by atoms with Gasteiger partial charge in [0.1, 0.15) is 5.75 Å². The van der Waals surface area contributed by atoms with Crippen LogP contribution >= 0.6 is 0 Å². The quantitative estimate of drug-likeness (QED) is 0.792. The van der Waals surface area contributed by atoms with E-state index in [2.05, 4.69) is 15.5 Å². The van der Waals surface area contributed by atoms with E-state index in [1.54, 1.807) is 36.4 Å². The van der Waals surface area contributed by atoms with Crippen LogP contribution in [0, 0.1) is 0 Å². The van der Waals surface area contributed by atoms with Gasteiger partial charge in [0, 0.05) is 5.56 Å². The molecule has 3 aromatic rings. The van der Waals surface area contributed by atoms with Crippen molar-refractivity contribution in [3.8, 4) is 17.4 Å². The second kappa shape index (κ2) is 5.49. The Morgan fingerprint density at radius 2 is 2.14 bits per heavy atom. The first-order valence-corrected chi connectivity index (χ1v) is 6.09. The number of amides is 1. The van der Waals surface area contributed by atoms with Crippen molar-refractivity contribution in [1.82, 2.24) is 10.2 Å². The number of carbonyl (C=O) groups excluding carboxylic acids is 1. The molecule has 1 aromatic carbocycles. The second-order valence-electron chi connectivity index (χ2n) is 4.08. The van der Waals surface area contributed by atoms with E-state index in [0.29, 0.717) is 17.1 Å². The molecule has 21 heavy (non-hydrogen) atoms. The molecule has 0 saturated carbocycles. The van der Waals surface area contributed by atoms with Crippen LogP contribution in [0.2, 0.25) is 0 Å². The lowest BCUT2D eigenvalue weighted by molar-refractivity contribution is 0.102. The summed E-state index contributed by atoms with van der Waals surface area (Å²) in [5, 5.41) is 10.0. The maximum Gasteiger partial charge on any atom is 0.322 e. The van der Waals surface area contributed by atoms with Gasteiger partial charge in [0.2, 0.25) is 0 Å². The molecule has 0 fully saturated rings. The van der Waals surface area contributed by atoms with Gasteiger partial charge < -0.3 is 13.6 Å². The maximum absolute atomic E-state index is 12.1. The molecule has 0 radical (unpaired) electrons. The van der Waals surface area contributed by atoms with E-state index in [-0.39, 0.29) is 17.8 Å².